The lowest BCUT2D eigenvalue weighted by molar-refractivity contribution is 0.113. The third kappa shape index (κ3) is 2.21. The van der Waals surface area contributed by atoms with Crippen LogP contribution in [0.25, 0.3) is 0 Å². The molecule has 1 aliphatic carbocycles. The molecule has 0 amide bonds. The van der Waals surface area contributed by atoms with Gasteiger partial charge in [-0.3, -0.25) is 4.90 Å². The molecule has 2 aliphatic rings. The summed E-state index contributed by atoms with van der Waals surface area (Å²) in [5.41, 5.74) is 3.25. The molecule has 0 saturated heterocycles. The molecule has 3 rings (SSSR count). The standard InChI is InChI=1S/C17H25N/c1-2-18-13-12-14-8-6-7-11-16(14)17(18)15-9-4-3-5-10-15/h6-8,11,15,17H,2-5,9-10,12-13H2,1H3. The summed E-state index contributed by atoms with van der Waals surface area (Å²) >= 11 is 0. The maximum Gasteiger partial charge on any atom is 0.0379 e. The molecule has 1 atom stereocenters. The fourth-order valence-corrected chi connectivity index (χ4v) is 4.01. The molecular weight excluding hydrogens is 218 g/mol. The SMILES string of the molecule is CCN1CCc2ccccc2C1C1CCCCC1. The predicted octanol–water partition coefficient (Wildman–Crippen LogP) is 4.19. The molecule has 0 bridgehead atoms. The monoisotopic (exact) mass is 243 g/mol. The van der Waals surface area contributed by atoms with Crippen molar-refractivity contribution in [3.8, 4) is 0 Å². The topological polar surface area (TPSA) is 3.24 Å². The van der Waals surface area contributed by atoms with E-state index in [4.69, 9.17) is 0 Å². The van der Waals surface area contributed by atoms with Crippen molar-refractivity contribution in [3.05, 3.63) is 35.4 Å². The van der Waals surface area contributed by atoms with Crippen molar-refractivity contribution < 1.29 is 0 Å². The molecule has 18 heavy (non-hydrogen) atoms. The minimum absolute atomic E-state index is 0.709. The Morgan fingerprint density at radius 1 is 1.11 bits per heavy atom. The summed E-state index contributed by atoms with van der Waals surface area (Å²) in [4.78, 5) is 2.72. The first-order chi connectivity index (χ1) is 8.90. The summed E-state index contributed by atoms with van der Waals surface area (Å²) in [5, 5.41) is 0. The van der Waals surface area contributed by atoms with Crippen LogP contribution in [-0.2, 0) is 6.42 Å². The second-order valence-corrected chi connectivity index (χ2v) is 5.92. The summed E-state index contributed by atoms with van der Waals surface area (Å²) in [6, 6.07) is 9.88. The van der Waals surface area contributed by atoms with E-state index in [9.17, 15) is 0 Å². The third-order valence-corrected chi connectivity index (χ3v) is 4.94. The Labute approximate surface area is 111 Å². The molecule has 1 heteroatoms. The minimum Gasteiger partial charge on any atom is -0.296 e. The first kappa shape index (κ1) is 12.2. The summed E-state index contributed by atoms with van der Waals surface area (Å²) in [6.45, 7) is 4.79. The normalized spacial score (nSPS) is 25.9. The number of fused-ring (bicyclic) bond motifs is 1. The molecule has 0 radical (unpaired) electrons. The zero-order valence-electron chi connectivity index (χ0n) is 11.6. The number of benzene rings is 1. The number of rotatable bonds is 2. The van der Waals surface area contributed by atoms with Gasteiger partial charge in [0.15, 0.2) is 0 Å². The number of likely N-dealkylation sites (N-methyl/N-ethyl adjacent to an activating group) is 1. The number of hydrogen-bond donors (Lipinski definition) is 0. The summed E-state index contributed by atoms with van der Waals surface area (Å²) in [7, 11) is 0. The van der Waals surface area contributed by atoms with Crippen molar-refractivity contribution >= 4 is 0 Å². The minimum atomic E-state index is 0.709. The van der Waals surface area contributed by atoms with Gasteiger partial charge in [-0.2, -0.15) is 0 Å². The van der Waals surface area contributed by atoms with Crippen molar-refractivity contribution in [1.29, 1.82) is 0 Å². The average Bonchev–Trinajstić information content (AvgIpc) is 2.47. The van der Waals surface area contributed by atoms with Gasteiger partial charge in [-0.15, -0.1) is 0 Å². The highest BCUT2D eigenvalue weighted by Gasteiger charge is 2.33. The van der Waals surface area contributed by atoms with Gasteiger partial charge in [0.05, 0.1) is 0 Å². The van der Waals surface area contributed by atoms with Crippen molar-refractivity contribution in [2.24, 2.45) is 5.92 Å². The zero-order valence-corrected chi connectivity index (χ0v) is 11.6. The summed E-state index contributed by atoms with van der Waals surface area (Å²) in [6.07, 6.45) is 8.47. The summed E-state index contributed by atoms with van der Waals surface area (Å²) in [5.74, 6) is 0.903. The van der Waals surface area contributed by atoms with Crippen LogP contribution in [0.4, 0.5) is 0 Å². The van der Waals surface area contributed by atoms with Crippen molar-refractivity contribution in [3.63, 3.8) is 0 Å². The van der Waals surface area contributed by atoms with Gasteiger partial charge < -0.3 is 0 Å². The van der Waals surface area contributed by atoms with Gasteiger partial charge in [0.25, 0.3) is 0 Å². The molecule has 1 heterocycles. The lowest BCUT2D eigenvalue weighted by Gasteiger charge is -2.42. The van der Waals surface area contributed by atoms with E-state index in [0.717, 1.165) is 5.92 Å². The molecule has 0 spiro atoms. The molecular formula is C17H25N. The van der Waals surface area contributed by atoms with Gasteiger partial charge in [0.2, 0.25) is 0 Å². The van der Waals surface area contributed by atoms with Crippen LogP contribution in [0.5, 0.6) is 0 Å². The fraction of sp³-hybridized carbons (Fsp3) is 0.647. The highest BCUT2D eigenvalue weighted by atomic mass is 15.2. The van der Waals surface area contributed by atoms with E-state index >= 15 is 0 Å². The Morgan fingerprint density at radius 3 is 2.67 bits per heavy atom. The summed E-state index contributed by atoms with van der Waals surface area (Å²) < 4.78 is 0. The van der Waals surface area contributed by atoms with Crippen LogP contribution in [0.3, 0.4) is 0 Å². The lowest BCUT2D eigenvalue weighted by atomic mass is 9.77. The molecule has 0 N–H and O–H groups in total. The molecule has 0 aromatic heterocycles. The molecule has 1 aromatic rings. The van der Waals surface area contributed by atoms with Gasteiger partial charge in [-0.05, 0) is 42.9 Å². The van der Waals surface area contributed by atoms with Crippen LogP contribution >= 0.6 is 0 Å². The van der Waals surface area contributed by atoms with Crippen LogP contribution < -0.4 is 0 Å². The zero-order chi connectivity index (χ0) is 12.4. The van der Waals surface area contributed by atoms with Crippen LogP contribution in [0, 0.1) is 5.92 Å². The molecule has 1 nitrogen and oxygen atoms in total. The molecule has 1 saturated carbocycles. The van der Waals surface area contributed by atoms with Gasteiger partial charge >= 0.3 is 0 Å². The van der Waals surface area contributed by atoms with Gasteiger partial charge in [0, 0.05) is 12.6 Å². The van der Waals surface area contributed by atoms with Crippen LogP contribution in [-0.4, -0.2) is 18.0 Å². The van der Waals surface area contributed by atoms with Gasteiger partial charge in [-0.25, -0.2) is 0 Å². The van der Waals surface area contributed by atoms with E-state index in [0.29, 0.717) is 6.04 Å². The fourth-order valence-electron chi connectivity index (χ4n) is 4.01. The molecule has 98 valence electrons. The second-order valence-electron chi connectivity index (χ2n) is 5.92. The third-order valence-electron chi connectivity index (χ3n) is 4.94. The Hall–Kier alpha value is -0.820. The maximum atomic E-state index is 2.72. The highest BCUT2D eigenvalue weighted by Crippen LogP contribution is 2.41. The Kier molecular flexibility index (Phi) is 3.69. The average molecular weight is 243 g/mol. The van der Waals surface area contributed by atoms with Crippen LogP contribution in [0.1, 0.15) is 56.2 Å². The molecule has 1 aliphatic heterocycles. The first-order valence-corrected chi connectivity index (χ1v) is 7.72. The van der Waals surface area contributed by atoms with Crippen molar-refractivity contribution in [2.75, 3.05) is 13.1 Å². The second kappa shape index (κ2) is 5.44. The molecule has 1 aromatic carbocycles. The number of nitrogens with zero attached hydrogens (tertiary/aromatic N) is 1. The number of hydrogen-bond acceptors (Lipinski definition) is 1. The van der Waals surface area contributed by atoms with E-state index in [1.165, 1.54) is 51.6 Å². The van der Waals surface area contributed by atoms with Crippen molar-refractivity contribution in [1.82, 2.24) is 4.90 Å². The smallest absolute Gasteiger partial charge is 0.0379 e. The van der Waals surface area contributed by atoms with Gasteiger partial charge in [0.1, 0.15) is 0 Å². The van der Waals surface area contributed by atoms with E-state index in [1.807, 2.05) is 0 Å². The van der Waals surface area contributed by atoms with E-state index in [1.54, 1.807) is 11.1 Å². The van der Waals surface area contributed by atoms with E-state index in [2.05, 4.69) is 36.1 Å². The maximum absolute atomic E-state index is 2.72. The largest absolute Gasteiger partial charge is 0.296 e. The molecule has 1 fully saturated rings. The lowest BCUT2D eigenvalue weighted by Crippen LogP contribution is -2.39. The Morgan fingerprint density at radius 2 is 1.89 bits per heavy atom. The first-order valence-electron chi connectivity index (χ1n) is 7.72. The highest BCUT2D eigenvalue weighted by molar-refractivity contribution is 5.33. The predicted molar refractivity (Wildman–Crippen MR) is 76.7 cm³/mol. The Balaban J connectivity index is 1.92. The van der Waals surface area contributed by atoms with E-state index < -0.39 is 0 Å². The van der Waals surface area contributed by atoms with E-state index in [-0.39, 0.29) is 0 Å². The Bertz CT molecular complexity index is 392. The van der Waals surface area contributed by atoms with Crippen molar-refractivity contribution in [2.45, 2.75) is 51.5 Å². The van der Waals surface area contributed by atoms with Gasteiger partial charge in [-0.1, -0.05) is 50.5 Å². The quantitative estimate of drug-likeness (QED) is 0.753. The van der Waals surface area contributed by atoms with Crippen LogP contribution in [0.15, 0.2) is 24.3 Å². The van der Waals surface area contributed by atoms with Crippen LogP contribution in [0.2, 0.25) is 0 Å². The molecule has 1 unspecified atom stereocenters.